The van der Waals surface area contributed by atoms with E-state index in [1.54, 1.807) is 4.90 Å². The SMILES string of the molecule is CN1CCN([C@@H]2CN(C(=O)c3ccsc3)C[C@H]2O)CC1. The summed E-state index contributed by atoms with van der Waals surface area (Å²) in [6.45, 7) is 5.09. The fourth-order valence-electron chi connectivity index (χ4n) is 3.02. The molecule has 5 nitrogen and oxygen atoms in total. The van der Waals surface area contributed by atoms with E-state index in [1.807, 2.05) is 16.8 Å². The van der Waals surface area contributed by atoms with Crippen LogP contribution in [0, 0.1) is 0 Å². The van der Waals surface area contributed by atoms with Crippen molar-refractivity contribution in [3.63, 3.8) is 0 Å². The van der Waals surface area contributed by atoms with Crippen LogP contribution < -0.4 is 0 Å². The molecule has 2 fully saturated rings. The number of carbonyl (C=O) groups is 1. The van der Waals surface area contributed by atoms with Crippen LogP contribution in [0.2, 0.25) is 0 Å². The first-order chi connectivity index (χ1) is 9.65. The third kappa shape index (κ3) is 2.74. The maximum atomic E-state index is 12.3. The van der Waals surface area contributed by atoms with Crippen molar-refractivity contribution >= 4 is 17.2 Å². The molecule has 0 aromatic carbocycles. The molecule has 0 aliphatic carbocycles. The monoisotopic (exact) mass is 295 g/mol. The molecule has 2 atom stereocenters. The van der Waals surface area contributed by atoms with E-state index >= 15 is 0 Å². The summed E-state index contributed by atoms with van der Waals surface area (Å²) in [6, 6.07) is 1.94. The first kappa shape index (κ1) is 14.0. The molecule has 0 bridgehead atoms. The molecule has 0 unspecified atom stereocenters. The second-order valence-corrected chi connectivity index (χ2v) is 6.48. The van der Waals surface area contributed by atoms with Gasteiger partial charge < -0.3 is 14.9 Å². The Hall–Kier alpha value is -0.950. The zero-order valence-corrected chi connectivity index (χ0v) is 12.6. The first-order valence-electron chi connectivity index (χ1n) is 7.07. The molecular formula is C14H21N3O2S. The van der Waals surface area contributed by atoms with Crippen molar-refractivity contribution in [2.45, 2.75) is 12.1 Å². The Morgan fingerprint density at radius 1 is 1.30 bits per heavy atom. The first-order valence-corrected chi connectivity index (χ1v) is 8.01. The Balaban J connectivity index is 1.63. The Morgan fingerprint density at radius 2 is 2.05 bits per heavy atom. The summed E-state index contributed by atoms with van der Waals surface area (Å²) in [4.78, 5) is 18.7. The number of β-amino-alcohol motifs (C(OH)–C–C–N with tert-alkyl or cyclic N) is 1. The highest BCUT2D eigenvalue weighted by atomic mass is 32.1. The van der Waals surface area contributed by atoms with Crippen molar-refractivity contribution in [3.05, 3.63) is 22.4 Å². The summed E-state index contributed by atoms with van der Waals surface area (Å²) in [5, 5.41) is 14.1. The maximum absolute atomic E-state index is 12.3. The van der Waals surface area contributed by atoms with E-state index in [-0.39, 0.29) is 11.9 Å². The summed E-state index contributed by atoms with van der Waals surface area (Å²) in [7, 11) is 2.12. The van der Waals surface area contributed by atoms with Crippen LogP contribution >= 0.6 is 11.3 Å². The van der Waals surface area contributed by atoms with E-state index in [0.717, 1.165) is 31.7 Å². The fourth-order valence-corrected chi connectivity index (χ4v) is 3.65. The number of hydrogen-bond acceptors (Lipinski definition) is 5. The molecule has 1 amide bonds. The third-order valence-electron chi connectivity index (χ3n) is 4.32. The number of piperazine rings is 1. The van der Waals surface area contributed by atoms with Gasteiger partial charge in [0.05, 0.1) is 17.7 Å². The molecule has 2 aliphatic heterocycles. The molecule has 1 aromatic rings. The van der Waals surface area contributed by atoms with Gasteiger partial charge in [0.15, 0.2) is 0 Å². The van der Waals surface area contributed by atoms with Crippen molar-refractivity contribution < 1.29 is 9.90 Å². The van der Waals surface area contributed by atoms with E-state index in [9.17, 15) is 9.90 Å². The molecule has 20 heavy (non-hydrogen) atoms. The molecule has 0 saturated carbocycles. The van der Waals surface area contributed by atoms with E-state index in [2.05, 4.69) is 16.8 Å². The molecule has 1 N–H and O–H groups in total. The summed E-state index contributed by atoms with van der Waals surface area (Å²) in [5.74, 6) is 0.0435. The zero-order chi connectivity index (χ0) is 14.1. The molecule has 6 heteroatoms. The van der Waals surface area contributed by atoms with E-state index in [1.165, 1.54) is 11.3 Å². The molecule has 0 spiro atoms. The van der Waals surface area contributed by atoms with Crippen LogP contribution in [0.5, 0.6) is 0 Å². The van der Waals surface area contributed by atoms with Gasteiger partial charge in [0.25, 0.3) is 5.91 Å². The summed E-state index contributed by atoms with van der Waals surface area (Å²) >= 11 is 1.53. The zero-order valence-electron chi connectivity index (χ0n) is 11.7. The third-order valence-corrected chi connectivity index (χ3v) is 5.00. The van der Waals surface area contributed by atoms with Gasteiger partial charge in [-0.2, -0.15) is 11.3 Å². The van der Waals surface area contributed by atoms with E-state index < -0.39 is 6.10 Å². The topological polar surface area (TPSA) is 47.0 Å². The predicted octanol–water partition coefficient (Wildman–Crippen LogP) is 0.181. The highest BCUT2D eigenvalue weighted by molar-refractivity contribution is 7.08. The molecular weight excluding hydrogens is 274 g/mol. The lowest BCUT2D eigenvalue weighted by Gasteiger charge is -2.37. The van der Waals surface area contributed by atoms with Crippen LogP contribution in [0.3, 0.4) is 0 Å². The number of nitrogens with zero attached hydrogens (tertiary/aromatic N) is 3. The second-order valence-electron chi connectivity index (χ2n) is 5.70. The Labute approximate surface area is 123 Å². The molecule has 2 saturated heterocycles. The van der Waals surface area contributed by atoms with Crippen molar-refractivity contribution in [2.24, 2.45) is 0 Å². The number of aliphatic hydroxyl groups excluding tert-OH is 1. The lowest BCUT2D eigenvalue weighted by Crippen LogP contribution is -2.52. The van der Waals surface area contributed by atoms with Crippen LogP contribution in [-0.4, -0.2) is 84.2 Å². The van der Waals surface area contributed by atoms with Crippen molar-refractivity contribution in [3.8, 4) is 0 Å². The van der Waals surface area contributed by atoms with Gasteiger partial charge >= 0.3 is 0 Å². The summed E-state index contributed by atoms with van der Waals surface area (Å²) in [6.07, 6.45) is -0.430. The predicted molar refractivity (Wildman–Crippen MR) is 79.1 cm³/mol. The largest absolute Gasteiger partial charge is 0.390 e. The summed E-state index contributed by atoms with van der Waals surface area (Å²) < 4.78 is 0. The lowest BCUT2D eigenvalue weighted by atomic mass is 10.1. The number of aliphatic hydroxyl groups is 1. The quantitative estimate of drug-likeness (QED) is 0.846. The van der Waals surface area contributed by atoms with Crippen LogP contribution in [0.4, 0.5) is 0 Å². The van der Waals surface area contributed by atoms with Gasteiger partial charge in [0, 0.05) is 44.6 Å². The van der Waals surface area contributed by atoms with Crippen LogP contribution in [-0.2, 0) is 0 Å². The van der Waals surface area contributed by atoms with Gasteiger partial charge in [-0.3, -0.25) is 9.69 Å². The fraction of sp³-hybridized carbons (Fsp3) is 0.643. The van der Waals surface area contributed by atoms with Gasteiger partial charge in [-0.05, 0) is 18.5 Å². The summed E-state index contributed by atoms with van der Waals surface area (Å²) in [5.41, 5.74) is 0.737. The molecule has 110 valence electrons. The average Bonchev–Trinajstić information content (AvgIpc) is 3.08. The van der Waals surface area contributed by atoms with Crippen LogP contribution in [0.15, 0.2) is 16.8 Å². The number of likely N-dealkylation sites (tertiary alicyclic amines) is 1. The van der Waals surface area contributed by atoms with E-state index in [0.29, 0.717) is 13.1 Å². The molecule has 3 heterocycles. The molecule has 2 aliphatic rings. The number of carbonyl (C=O) groups excluding carboxylic acids is 1. The Morgan fingerprint density at radius 3 is 2.70 bits per heavy atom. The van der Waals surface area contributed by atoms with Gasteiger partial charge in [0.2, 0.25) is 0 Å². The number of thiophene rings is 1. The minimum absolute atomic E-state index is 0.0435. The average molecular weight is 295 g/mol. The van der Waals surface area contributed by atoms with Crippen molar-refractivity contribution in [1.82, 2.24) is 14.7 Å². The molecule has 0 radical (unpaired) electrons. The second kappa shape index (κ2) is 5.81. The molecule has 1 aromatic heterocycles. The minimum atomic E-state index is -0.430. The van der Waals surface area contributed by atoms with Gasteiger partial charge in [-0.15, -0.1) is 0 Å². The normalized spacial score (nSPS) is 29.0. The van der Waals surface area contributed by atoms with Crippen LogP contribution in [0.1, 0.15) is 10.4 Å². The van der Waals surface area contributed by atoms with Crippen molar-refractivity contribution in [2.75, 3.05) is 46.3 Å². The van der Waals surface area contributed by atoms with Gasteiger partial charge in [-0.1, -0.05) is 0 Å². The smallest absolute Gasteiger partial charge is 0.254 e. The number of amides is 1. The Bertz CT molecular complexity index is 457. The number of likely N-dealkylation sites (N-methyl/N-ethyl adjacent to an activating group) is 1. The number of hydrogen-bond donors (Lipinski definition) is 1. The maximum Gasteiger partial charge on any atom is 0.254 e. The highest BCUT2D eigenvalue weighted by Gasteiger charge is 2.38. The van der Waals surface area contributed by atoms with Crippen molar-refractivity contribution in [1.29, 1.82) is 0 Å². The minimum Gasteiger partial charge on any atom is -0.390 e. The van der Waals surface area contributed by atoms with Gasteiger partial charge in [-0.25, -0.2) is 0 Å². The van der Waals surface area contributed by atoms with Gasteiger partial charge in [0.1, 0.15) is 0 Å². The molecule has 3 rings (SSSR count). The van der Waals surface area contributed by atoms with Crippen LogP contribution in [0.25, 0.3) is 0 Å². The number of rotatable bonds is 2. The van der Waals surface area contributed by atoms with E-state index in [4.69, 9.17) is 0 Å². The lowest BCUT2D eigenvalue weighted by molar-refractivity contribution is 0.0512. The Kier molecular flexibility index (Phi) is 4.07. The highest BCUT2D eigenvalue weighted by Crippen LogP contribution is 2.20. The standard InChI is InChI=1S/C14H21N3O2S/c1-15-3-5-16(6-4-15)12-8-17(9-13(12)18)14(19)11-2-7-20-10-11/h2,7,10,12-13,18H,3-6,8-9H2,1H3/t12-,13-/m1/s1.